The van der Waals surface area contributed by atoms with E-state index in [4.69, 9.17) is 30.3 Å². The molecule has 0 aromatic heterocycles. The van der Waals surface area contributed by atoms with E-state index in [0.717, 1.165) is 12.8 Å². The topological polar surface area (TPSA) is 222 Å². The van der Waals surface area contributed by atoms with Gasteiger partial charge in [-0.15, -0.1) is 0 Å². The summed E-state index contributed by atoms with van der Waals surface area (Å²) >= 11 is 0. The molecule has 3 atom stereocenters. The molecule has 2 amide bonds. The molecule has 0 heterocycles. The van der Waals surface area contributed by atoms with Gasteiger partial charge >= 0.3 is 18.0 Å². The maximum Gasteiger partial charge on any atom is 0.414 e. The van der Waals surface area contributed by atoms with Crippen LogP contribution in [0.25, 0.3) is 0 Å². The van der Waals surface area contributed by atoms with Crippen molar-refractivity contribution in [2.75, 3.05) is 14.1 Å². The highest BCUT2D eigenvalue weighted by molar-refractivity contribution is 6.27. The van der Waals surface area contributed by atoms with Crippen LogP contribution in [0.3, 0.4) is 0 Å². The molecule has 0 spiro atoms. The normalized spacial score (nSPS) is 20.7. The number of nitrogens with one attached hydrogen (secondary N) is 1. The summed E-state index contributed by atoms with van der Waals surface area (Å²) in [5, 5.41) is 17.6. The predicted molar refractivity (Wildman–Crippen MR) is 99.7 cm³/mol. The summed E-state index contributed by atoms with van der Waals surface area (Å²) in [4.78, 5) is 43.6. The molecule has 1 fully saturated rings. The van der Waals surface area contributed by atoms with Gasteiger partial charge in [-0.3, -0.25) is 4.79 Å². The Bertz CT molecular complexity index is 520. The van der Waals surface area contributed by atoms with Gasteiger partial charge in [0.25, 0.3) is 0 Å². The van der Waals surface area contributed by atoms with E-state index >= 15 is 0 Å². The van der Waals surface area contributed by atoms with E-state index in [-0.39, 0.29) is 34.9 Å². The molecule has 0 unspecified atom stereocenters. The number of rotatable bonds is 2. The first-order valence-corrected chi connectivity index (χ1v) is 8.17. The lowest BCUT2D eigenvalue weighted by atomic mass is 9.82. The van der Waals surface area contributed by atoms with Gasteiger partial charge in [-0.1, -0.05) is 0 Å². The largest absolute Gasteiger partial charge is 0.473 e. The summed E-state index contributed by atoms with van der Waals surface area (Å²) in [7, 11) is 3.49. The lowest BCUT2D eigenvalue weighted by Gasteiger charge is -2.35. The Hall–Kier alpha value is -2.44. The molecule has 12 nitrogen and oxygen atoms in total. The molecule has 0 aliphatic heterocycles. The monoisotopic (exact) mass is 411 g/mol. The van der Waals surface area contributed by atoms with Crippen molar-refractivity contribution in [1.29, 1.82) is 0 Å². The van der Waals surface area contributed by atoms with Crippen LogP contribution in [0.4, 0.5) is 4.79 Å². The number of nitrogens with two attached hydrogens (primary N) is 1. The number of ether oxygens (including phenoxy) is 1. The van der Waals surface area contributed by atoms with Gasteiger partial charge in [0.15, 0.2) is 0 Å². The van der Waals surface area contributed by atoms with Crippen LogP contribution in [-0.4, -0.2) is 81.8 Å². The van der Waals surface area contributed by atoms with Gasteiger partial charge in [-0.05, 0) is 40.0 Å². The fourth-order valence-corrected chi connectivity index (χ4v) is 2.41. The minimum atomic E-state index is -1.82. The van der Waals surface area contributed by atoms with Crippen LogP contribution in [0, 0.1) is 5.92 Å². The highest BCUT2D eigenvalue weighted by Gasteiger charge is 2.34. The molecule has 0 saturated heterocycles. The van der Waals surface area contributed by atoms with Crippen LogP contribution in [-0.2, 0) is 19.1 Å². The first-order chi connectivity index (χ1) is 11.7. The number of amides is 2. The SMILES string of the molecule is CN(C)C(=O)[C@H]1CC[C@H](N)[C@H](NC(=O)OC(C)(C)C)C1.O.O.O=C(O)C(=O)O. The number of nitrogens with zero attached hydrogens (tertiary/aromatic N) is 1. The Balaban J connectivity index is -0.000000682. The Morgan fingerprint density at radius 1 is 1.04 bits per heavy atom. The van der Waals surface area contributed by atoms with Crippen molar-refractivity contribution in [1.82, 2.24) is 10.2 Å². The van der Waals surface area contributed by atoms with Crippen LogP contribution in [0.2, 0.25) is 0 Å². The number of carbonyl (C=O) groups is 4. The Labute approximate surface area is 163 Å². The molecule has 1 aliphatic rings. The summed E-state index contributed by atoms with van der Waals surface area (Å²) in [5.74, 6) is -3.64. The third-order valence-corrected chi connectivity index (χ3v) is 3.58. The van der Waals surface area contributed by atoms with Crippen molar-refractivity contribution in [3.63, 3.8) is 0 Å². The highest BCUT2D eigenvalue weighted by atomic mass is 16.6. The van der Waals surface area contributed by atoms with Gasteiger partial charge in [0, 0.05) is 32.1 Å². The van der Waals surface area contributed by atoms with Gasteiger partial charge in [-0.25, -0.2) is 14.4 Å². The first-order valence-electron chi connectivity index (χ1n) is 8.17. The molecular formula is C16H33N3O9. The smallest absolute Gasteiger partial charge is 0.414 e. The predicted octanol–water partition coefficient (Wildman–Crippen LogP) is -1.40. The summed E-state index contributed by atoms with van der Waals surface area (Å²) in [6.07, 6.45) is 1.59. The maximum absolute atomic E-state index is 12.0. The van der Waals surface area contributed by atoms with E-state index in [0.29, 0.717) is 6.42 Å². The van der Waals surface area contributed by atoms with Crippen molar-refractivity contribution in [2.45, 2.75) is 57.7 Å². The molecule has 12 heteroatoms. The summed E-state index contributed by atoms with van der Waals surface area (Å²) < 4.78 is 5.23. The second kappa shape index (κ2) is 12.9. The highest BCUT2D eigenvalue weighted by Crippen LogP contribution is 2.25. The van der Waals surface area contributed by atoms with Gasteiger partial charge in [0.1, 0.15) is 5.60 Å². The summed E-state index contributed by atoms with van der Waals surface area (Å²) in [6.45, 7) is 5.43. The molecule has 0 radical (unpaired) electrons. The standard InChI is InChI=1S/C14H27N3O3.C2H2O4.2H2O/c1-14(2,3)20-13(19)16-11-8-9(6-7-10(11)15)12(18)17(4)5;3-1(4)2(5)6;;/h9-11H,6-8,15H2,1-5H3,(H,16,19);(H,3,4)(H,5,6);2*1H2/t9-,10-,11+;;;/m0.../s1. The molecule has 1 rings (SSSR count). The first kappa shape index (κ1) is 30.3. The fourth-order valence-electron chi connectivity index (χ4n) is 2.41. The molecular weight excluding hydrogens is 378 g/mol. The molecule has 0 aromatic rings. The number of carboxylic acid groups (broad SMARTS) is 2. The quantitative estimate of drug-likeness (QED) is 0.394. The van der Waals surface area contributed by atoms with Crippen LogP contribution >= 0.6 is 0 Å². The number of carboxylic acids is 2. The lowest BCUT2D eigenvalue weighted by Crippen LogP contribution is -2.53. The second-order valence-electron chi connectivity index (χ2n) is 7.27. The third kappa shape index (κ3) is 12.0. The van der Waals surface area contributed by atoms with E-state index in [1.165, 1.54) is 0 Å². The number of hydrogen-bond donors (Lipinski definition) is 4. The van der Waals surface area contributed by atoms with Crippen LogP contribution in [0.1, 0.15) is 40.0 Å². The Morgan fingerprint density at radius 3 is 1.86 bits per heavy atom. The Kier molecular flexibility index (Phi) is 13.9. The number of alkyl carbamates (subject to hydrolysis) is 1. The zero-order chi connectivity index (χ0) is 20.7. The minimum absolute atomic E-state index is 0. The molecule has 166 valence electrons. The van der Waals surface area contributed by atoms with Crippen molar-refractivity contribution < 1.29 is 45.1 Å². The third-order valence-electron chi connectivity index (χ3n) is 3.58. The number of carbonyl (C=O) groups excluding carboxylic acids is 2. The summed E-state index contributed by atoms with van der Waals surface area (Å²) in [5.41, 5.74) is 5.49. The van der Waals surface area contributed by atoms with Crippen molar-refractivity contribution >= 4 is 23.9 Å². The van der Waals surface area contributed by atoms with Crippen LogP contribution in [0.5, 0.6) is 0 Å². The number of aliphatic carboxylic acids is 2. The van der Waals surface area contributed by atoms with Gasteiger partial charge in [0.05, 0.1) is 0 Å². The van der Waals surface area contributed by atoms with E-state index in [9.17, 15) is 9.59 Å². The van der Waals surface area contributed by atoms with Crippen molar-refractivity contribution in [3.05, 3.63) is 0 Å². The maximum atomic E-state index is 12.0. The molecule has 28 heavy (non-hydrogen) atoms. The second-order valence-corrected chi connectivity index (χ2v) is 7.27. The van der Waals surface area contributed by atoms with Crippen molar-refractivity contribution in [2.24, 2.45) is 11.7 Å². The molecule has 1 aliphatic carbocycles. The lowest BCUT2D eigenvalue weighted by molar-refractivity contribution is -0.159. The Morgan fingerprint density at radius 2 is 1.50 bits per heavy atom. The van der Waals surface area contributed by atoms with Gasteiger partial charge < -0.3 is 41.9 Å². The summed E-state index contributed by atoms with van der Waals surface area (Å²) in [6, 6.07) is -0.346. The van der Waals surface area contributed by atoms with E-state index < -0.39 is 23.6 Å². The molecule has 0 bridgehead atoms. The minimum Gasteiger partial charge on any atom is -0.473 e. The van der Waals surface area contributed by atoms with Crippen LogP contribution < -0.4 is 11.1 Å². The fraction of sp³-hybridized carbons (Fsp3) is 0.750. The van der Waals surface area contributed by atoms with Gasteiger partial charge in [0.2, 0.25) is 5.91 Å². The van der Waals surface area contributed by atoms with Crippen LogP contribution in [0.15, 0.2) is 0 Å². The van der Waals surface area contributed by atoms with Crippen molar-refractivity contribution in [3.8, 4) is 0 Å². The zero-order valence-electron chi connectivity index (χ0n) is 16.8. The van der Waals surface area contributed by atoms with Gasteiger partial charge in [-0.2, -0.15) is 0 Å². The average molecular weight is 411 g/mol. The van der Waals surface area contributed by atoms with E-state index in [1.807, 2.05) is 20.8 Å². The van der Waals surface area contributed by atoms with E-state index in [2.05, 4.69) is 5.32 Å². The average Bonchev–Trinajstić information content (AvgIpc) is 2.47. The molecule has 9 N–H and O–H groups in total. The zero-order valence-corrected chi connectivity index (χ0v) is 16.8. The molecule has 1 saturated carbocycles. The number of hydrogen-bond acceptors (Lipinski definition) is 6. The molecule has 0 aromatic carbocycles. The van der Waals surface area contributed by atoms with E-state index in [1.54, 1.807) is 19.0 Å².